The van der Waals surface area contributed by atoms with E-state index >= 15 is 0 Å². The highest BCUT2D eigenvalue weighted by molar-refractivity contribution is 5.80. The Labute approximate surface area is 86.5 Å². The first-order chi connectivity index (χ1) is 6.36. The molecule has 0 aromatic heterocycles. The van der Waals surface area contributed by atoms with Crippen molar-refractivity contribution in [3.63, 3.8) is 0 Å². The van der Waals surface area contributed by atoms with Crippen molar-refractivity contribution in [2.24, 2.45) is 16.7 Å². The van der Waals surface area contributed by atoms with Crippen LogP contribution in [0.15, 0.2) is 0 Å². The third-order valence-corrected chi connectivity index (χ3v) is 4.38. The Bertz CT molecular complexity index is 271. The van der Waals surface area contributed by atoms with Gasteiger partial charge in [-0.25, -0.2) is 0 Å². The van der Waals surface area contributed by atoms with E-state index in [2.05, 4.69) is 33.0 Å². The third-order valence-electron chi connectivity index (χ3n) is 4.38. The Hall–Kier alpha value is -0.530. The van der Waals surface area contributed by atoms with Gasteiger partial charge in [0.25, 0.3) is 0 Å². The summed E-state index contributed by atoms with van der Waals surface area (Å²) in [5, 5.41) is 3.08. The fraction of sp³-hybridized carbons (Fsp3) is 0.917. The summed E-state index contributed by atoms with van der Waals surface area (Å²) < 4.78 is 0. The number of amides is 1. The van der Waals surface area contributed by atoms with Crippen LogP contribution in [0.5, 0.6) is 0 Å². The number of carbonyl (C=O) groups is 1. The lowest BCUT2D eigenvalue weighted by Crippen LogP contribution is -2.36. The molecule has 1 heterocycles. The highest BCUT2D eigenvalue weighted by Crippen LogP contribution is 2.57. The maximum absolute atomic E-state index is 11.5. The summed E-state index contributed by atoms with van der Waals surface area (Å²) in [5.74, 6) is 0.925. The SMILES string of the molecule is CC1CC(C)(C)CC12CC(=O)NC2C. The highest BCUT2D eigenvalue weighted by atomic mass is 16.2. The number of hydrogen-bond donors (Lipinski definition) is 1. The summed E-state index contributed by atoms with van der Waals surface area (Å²) in [6.45, 7) is 9.13. The Kier molecular flexibility index (Phi) is 1.96. The average Bonchev–Trinajstić information content (AvgIpc) is 2.35. The van der Waals surface area contributed by atoms with Crippen LogP contribution < -0.4 is 5.32 Å². The van der Waals surface area contributed by atoms with Crippen LogP contribution in [0.1, 0.15) is 47.0 Å². The summed E-state index contributed by atoms with van der Waals surface area (Å²) in [6, 6.07) is 0.367. The van der Waals surface area contributed by atoms with Gasteiger partial charge in [0, 0.05) is 17.9 Å². The van der Waals surface area contributed by atoms with Crippen LogP contribution in [0.4, 0.5) is 0 Å². The van der Waals surface area contributed by atoms with Crippen LogP contribution in [0.3, 0.4) is 0 Å². The minimum Gasteiger partial charge on any atom is -0.353 e. The predicted octanol–water partition coefficient (Wildman–Crippen LogP) is 2.34. The summed E-state index contributed by atoms with van der Waals surface area (Å²) in [6.07, 6.45) is 3.20. The van der Waals surface area contributed by atoms with Gasteiger partial charge in [0.2, 0.25) is 5.91 Å². The predicted molar refractivity (Wildman–Crippen MR) is 56.8 cm³/mol. The van der Waals surface area contributed by atoms with Crippen molar-refractivity contribution < 1.29 is 4.79 Å². The molecule has 1 aliphatic heterocycles. The molecule has 2 rings (SSSR count). The Balaban J connectivity index is 2.29. The monoisotopic (exact) mass is 195 g/mol. The molecular weight excluding hydrogens is 174 g/mol. The van der Waals surface area contributed by atoms with Crippen molar-refractivity contribution in [1.82, 2.24) is 5.32 Å². The molecule has 3 unspecified atom stereocenters. The Morgan fingerprint density at radius 3 is 2.36 bits per heavy atom. The van der Waals surface area contributed by atoms with Crippen LogP contribution >= 0.6 is 0 Å². The lowest BCUT2D eigenvalue weighted by molar-refractivity contribution is -0.119. The number of rotatable bonds is 0. The molecule has 1 saturated heterocycles. The van der Waals surface area contributed by atoms with Crippen molar-refractivity contribution in [3.8, 4) is 0 Å². The fourth-order valence-corrected chi connectivity index (χ4v) is 3.87. The van der Waals surface area contributed by atoms with Gasteiger partial charge in [-0.2, -0.15) is 0 Å². The zero-order valence-electron chi connectivity index (χ0n) is 9.68. The maximum Gasteiger partial charge on any atom is 0.220 e. The minimum atomic E-state index is 0.251. The molecule has 0 radical (unpaired) electrons. The molecule has 14 heavy (non-hydrogen) atoms. The number of carbonyl (C=O) groups excluding carboxylic acids is 1. The molecule has 1 spiro atoms. The average molecular weight is 195 g/mol. The lowest BCUT2D eigenvalue weighted by Gasteiger charge is -2.32. The van der Waals surface area contributed by atoms with Crippen LogP contribution in [0, 0.1) is 16.7 Å². The molecule has 2 fully saturated rings. The van der Waals surface area contributed by atoms with E-state index in [-0.39, 0.29) is 11.3 Å². The molecule has 0 aromatic rings. The van der Waals surface area contributed by atoms with E-state index in [4.69, 9.17) is 0 Å². The van der Waals surface area contributed by atoms with Gasteiger partial charge >= 0.3 is 0 Å². The van der Waals surface area contributed by atoms with Crippen molar-refractivity contribution >= 4 is 5.91 Å². The first kappa shape index (κ1) is 10.0. The van der Waals surface area contributed by atoms with Gasteiger partial charge in [0.1, 0.15) is 0 Å². The first-order valence-corrected chi connectivity index (χ1v) is 5.65. The van der Waals surface area contributed by atoms with Crippen LogP contribution in [0.25, 0.3) is 0 Å². The molecule has 2 heteroatoms. The van der Waals surface area contributed by atoms with Crippen molar-refractivity contribution in [2.75, 3.05) is 0 Å². The molecule has 2 nitrogen and oxygen atoms in total. The van der Waals surface area contributed by atoms with E-state index in [9.17, 15) is 4.79 Å². The molecule has 1 N–H and O–H groups in total. The zero-order chi connectivity index (χ0) is 10.6. The Morgan fingerprint density at radius 1 is 1.36 bits per heavy atom. The number of nitrogens with one attached hydrogen (secondary N) is 1. The first-order valence-electron chi connectivity index (χ1n) is 5.65. The third kappa shape index (κ3) is 1.27. The van der Waals surface area contributed by atoms with Gasteiger partial charge in [0.15, 0.2) is 0 Å². The molecule has 2 aliphatic rings. The fourth-order valence-electron chi connectivity index (χ4n) is 3.87. The van der Waals surface area contributed by atoms with Crippen molar-refractivity contribution in [1.29, 1.82) is 0 Å². The molecule has 1 aliphatic carbocycles. The second-order valence-corrected chi connectivity index (χ2v) is 6.15. The minimum absolute atomic E-state index is 0.251. The van der Waals surface area contributed by atoms with E-state index < -0.39 is 0 Å². The zero-order valence-corrected chi connectivity index (χ0v) is 9.68. The highest BCUT2D eigenvalue weighted by Gasteiger charge is 2.55. The molecule has 3 atom stereocenters. The van der Waals surface area contributed by atoms with Gasteiger partial charge < -0.3 is 5.32 Å². The quantitative estimate of drug-likeness (QED) is 0.631. The van der Waals surface area contributed by atoms with Crippen LogP contribution in [-0.4, -0.2) is 11.9 Å². The van der Waals surface area contributed by atoms with Crippen LogP contribution in [0.2, 0.25) is 0 Å². The largest absolute Gasteiger partial charge is 0.353 e. The van der Waals surface area contributed by atoms with E-state index in [0.29, 0.717) is 17.4 Å². The summed E-state index contributed by atoms with van der Waals surface area (Å²) >= 11 is 0. The smallest absolute Gasteiger partial charge is 0.220 e. The van der Waals surface area contributed by atoms with Crippen LogP contribution in [-0.2, 0) is 4.79 Å². The summed E-state index contributed by atoms with van der Waals surface area (Å²) in [7, 11) is 0. The second kappa shape index (κ2) is 2.74. The summed E-state index contributed by atoms with van der Waals surface area (Å²) in [5.41, 5.74) is 0.667. The van der Waals surface area contributed by atoms with E-state index in [0.717, 1.165) is 6.42 Å². The number of hydrogen-bond acceptors (Lipinski definition) is 1. The van der Waals surface area contributed by atoms with Gasteiger partial charge in [-0.15, -0.1) is 0 Å². The van der Waals surface area contributed by atoms with E-state index in [1.165, 1.54) is 12.8 Å². The standard InChI is InChI=1S/C12H21NO/c1-8-5-11(3,4)7-12(8)6-10(14)13-9(12)2/h8-9H,5-7H2,1-4H3,(H,13,14). The molecular formula is C12H21NO. The molecule has 1 amide bonds. The maximum atomic E-state index is 11.5. The molecule has 80 valence electrons. The molecule has 0 bridgehead atoms. The topological polar surface area (TPSA) is 29.1 Å². The van der Waals surface area contributed by atoms with E-state index in [1.54, 1.807) is 0 Å². The van der Waals surface area contributed by atoms with Gasteiger partial charge in [-0.05, 0) is 31.1 Å². The normalized spacial score (nSPS) is 45.9. The second-order valence-electron chi connectivity index (χ2n) is 6.15. The van der Waals surface area contributed by atoms with Crippen molar-refractivity contribution in [3.05, 3.63) is 0 Å². The Morgan fingerprint density at radius 2 is 2.00 bits per heavy atom. The van der Waals surface area contributed by atoms with Gasteiger partial charge in [0.05, 0.1) is 0 Å². The van der Waals surface area contributed by atoms with Gasteiger partial charge in [-0.3, -0.25) is 4.79 Å². The molecule has 1 saturated carbocycles. The van der Waals surface area contributed by atoms with Crippen molar-refractivity contribution in [2.45, 2.75) is 53.0 Å². The summed E-state index contributed by atoms with van der Waals surface area (Å²) in [4.78, 5) is 11.5. The van der Waals surface area contributed by atoms with E-state index in [1.807, 2.05) is 0 Å². The van der Waals surface area contributed by atoms with Gasteiger partial charge in [-0.1, -0.05) is 20.8 Å². The molecule has 0 aromatic carbocycles. The lowest BCUT2D eigenvalue weighted by atomic mass is 9.72.